The van der Waals surface area contributed by atoms with Crippen LogP contribution in [0.25, 0.3) is 0 Å². The molecule has 2 aromatic carbocycles. The summed E-state index contributed by atoms with van der Waals surface area (Å²) in [6, 6.07) is 11.5. The third-order valence-corrected chi connectivity index (χ3v) is 3.34. The van der Waals surface area contributed by atoms with Crippen LogP contribution in [0, 0.1) is 5.82 Å². The van der Waals surface area contributed by atoms with E-state index in [1.165, 1.54) is 6.07 Å². The molecule has 0 atom stereocenters. The standard InChI is InChI=1S/C14H12BrFN2O2/c15-10-5-3-7-12(13(10)14(17)18-19)20-8-9-4-1-2-6-11(9)16/h1-7,19H,8H2,(H2,17,18). The number of rotatable bonds is 4. The molecule has 104 valence electrons. The van der Waals surface area contributed by atoms with Crippen LogP contribution >= 0.6 is 15.9 Å². The Kier molecular flexibility index (Phi) is 4.57. The van der Waals surface area contributed by atoms with Gasteiger partial charge in [-0.3, -0.25) is 0 Å². The summed E-state index contributed by atoms with van der Waals surface area (Å²) in [6.07, 6.45) is 0. The van der Waals surface area contributed by atoms with Crippen LogP contribution in [-0.4, -0.2) is 11.0 Å². The Morgan fingerprint density at radius 2 is 2.00 bits per heavy atom. The number of halogens is 2. The van der Waals surface area contributed by atoms with E-state index in [0.29, 0.717) is 21.3 Å². The van der Waals surface area contributed by atoms with E-state index in [9.17, 15) is 4.39 Å². The first-order chi connectivity index (χ1) is 9.63. The largest absolute Gasteiger partial charge is 0.488 e. The predicted molar refractivity (Wildman–Crippen MR) is 77.4 cm³/mol. The Morgan fingerprint density at radius 1 is 1.25 bits per heavy atom. The highest BCUT2D eigenvalue weighted by atomic mass is 79.9. The van der Waals surface area contributed by atoms with Crippen LogP contribution in [0.15, 0.2) is 52.1 Å². The second-order valence-corrected chi connectivity index (χ2v) is 4.83. The van der Waals surface area contributed by atoms with Gasteiger partial charge in [-0.15, -0.1) is 0 Å². The highest BCUT2D eigenvalue weighted by Gasteiger charge is 2.13. The lowest BCUT2D eigenvalue weighted by Crippen LogP contribution is -2.15. The summed E-state index contributed by atoms with van der Waals surface area (Å²) in [4.78, 5) is 0. The molecule has 4 nitrogen and oxygen atoms in total. The zero-order chi connectivity index (χ0) is 14.5. The Bertz CT molecular complexity index is 647. The first kappa shape index (κ1) is 14.3. The van der Waals surface area contributed by atoms with Gasteiger partial charge in [0.25, 0.3) is 0 Å². The first-order valence-corrected chi connectivity index (χ1v) is 6.55. The van der Waals surface area contributed by atoms with Crippen molar-refractivity contribution in [3.63, 3.8) is 0 Å². The molecular weight excluding hydrogens is 327 g/mol. The molecule has 2 rings (SSSR count). The smallest absolute Gasteiger partial charge is 0.174 e. The number of hydrogen-bond donors (Lipinski definition) is 2. The van der Waals surface area contributed by atoms with E-state index in [4.69, 9.17) is 15.7 Å². The summed E-state index contributed by atoms with van der Waals surface area (Å²) in [5.74, 6) is -0.0215. The summed E-state index contributed by atoms with van der Waals surface area (Å²) >= 11 is 3.30. The Morgan fingerprint density at radius 3 is 2.70 bits per heavy atom. The van der Waals surface area contributed by atoms with Crippen LogP contribution in [0.5, 0.6) is 5.75 Å². The van der Waals surface area contributed by atoms with Gasteiger partial charge >= 0.3 is 0 Å². The molecule has 0 unspecified atom stereocenters. The summed E-state index contributed by atoms with van der Waals surface area (Å²) in [5, 5.41) is 11.8. The number of nitrogens with two attached hydrogens (primary N) is 1. The minimum absolute atomic E-state index is 0.0504. The first-order valence-electron chi connectivity index (χ1n) is 5.76. The minimum Gasteiger partial charge on any atom is -0.488 e. The number of amidine groups is 1. The average molecular weight is 339 g/mol. The van der Waals surface area contributed by atoms with Crippen molar-refractivity contribution in [2.45, 2.75) is 6.61 Å². The van der Waals surface area contributed by atoms with Crippen molar-refractivity contribution >= 4 is 21.8 Å². The molecular formula is C14H12BrFN2O2. The fourth-order valence-electron chi connectivity index (χ4n) is 1.69. The van der Waals surface area contributed by atoms with Crippen molar-refractivity contribution in [2.75, 3.05) is 0 Å². The predicted octanol–water partition coefficient (Wildman–Crippen LogP) is 3.26. The van der Waals surface area contributed by atoms with Crippen molar-refractivity contribution in [3.8, 4) is 5.75 Å². The Labute approximate surface area is 123 Å². The van der Waals surface area contributed by atoms with Crippen molar-refractivity contribution in [3.05, 3.63) is 63.9 Å². The lowest BCUT2D eigenvalue weighted by molar-refractivity contribution is 0.297. The maximum Gasteiger partial charge on any atom is 0.174 e. The molecule has 0 aliphatic rings. The Hall–Kier alpha value is -2.08. The van der Waals surface area contributed by atoms with Crippen molar-refractivity contribution in [1.29, 1.82) is 0 Å². The highest BCUT2D eigenvalue weighted by molar-refractivity contribution is 9.10. The van der Waals surface area contributed by atoms with Crippen molar-refractivity contribution in [2.24, 2.45) is 10.9 Å². The van der Waals surface area contributed by atoms with Crippen LogP contribution in [0.3, 0.4) is 0 Å². The molecule has 0 spiro atoms. The number of oxime groups is 1. The molecule has 20 heavy (non-hydrogen) atoms. The van der Waals surface area contributed by atoms with E-state index in [1.807, 2.05) is 0 Å². The molecule has 2 aromatic rings. The monoisotopic (exact) mass is 338 g/mol. The number of hydrogen-bond acceptors (Lipinski definition) is 3. The molecule has 0 aliphatic carbocycles. The van der Waals surface area contributed by atoms with Crippen LogP contribution < -0.4 is 10.5 Å². The van der Waals surface area contributed by atoms with E-state index in [-0.39, 0.29) is 18.3 Å². The molecule has 0 saturated heterocycles. The summed E-state index contributed by atoms with van der Waals surface area (Å²) in [7, 11) is 0. The third kappa shape index (κ3) is 3.08. The summed E-state index contributed by atoms with van der Waals surface area (Å²) in [5.41, 5.74) is 6.46. The van der Waals surface area contributed by atoms with Gasteiger partial charge in [0, 0.05) is 10.0 Å². The molecule has 0 bridgehead atoms. The van der Waals surface area contributed by atoms with Gasteiger partial charge in [-0.25, -0.2) is 4.39 Å². The lowest BCUT2D eigenvalue weighted by atomic mass is 10.2. The van der Waals surface area contributed by atoms with Gasteiger partial charge in [0.05, 0.1) is 5.56 Å². The van der Waals surface area contributed by atoms with Gasteiger partial charge in [0.1, 0.15) is 18.2 Å². The molecule has 0 heterocycles. The van der Waals surface area contributed by atoms with Gasteiger partial charge in [-0.2, -0.15) is 0 Å². The van der Waals surface area contributed by atoms with Gasteiger partial charge in [0.15, 0.2) is 5.84 Å². The van der Waals surface area contributed by atoms with Gasteiger partial charge in [-0.1, -0.05) is 29.4 Å². The molecule has 6 heteroatoms. The maximum atomic E-state index is 13.5. The SMILES string of the molecule is N/C(=N/O)c1c(Br)cccc1OCc1ccccc1F. The van der Waals surface area contributed by atoms with Crippen LogP contribution in [0.4, 0.5) is 4.39 Å². The zero-order valence-electron chi connectivity index (χ0n) is 10.4. The van der Waals surface area contributed by atoms with Gasteiger partial charge in [-0.05, 0) is 34.1 Å². The number of benzene rings is 2. The quantitative estimate of drug-likeness (QED) is 0.389. The van der Waals surface area contributed by atoms with Crippen LogP contribution in [0.2, 0.25) is 0 Å². The van der Waals surface area contributed by atoms with Gasteiger partial charge < -0.3 is 15.7 Å². The molecule has 0 aliphatic heterocycles. The van der Waals surface area contributed by atoms with E-state index >= 15 is 0 Å². The van der Waals surface area contributed by atoms with E-state index in [1.54, 1.807) is 36.4 Å². The maximum absolute atomic E-state index is 13.5. The molecule has 0 fully saturated rings. The topological polar surface area (TPSA) is 67.8 Å². The molecule has 0 amide bonds. The normalized spacial score (nSPS) is 11.4. The highest BCUT2D eigenvalue weighted by Crippen LogP contribution is 2.27. The lowest BCUT2D eigenvalue weighted by Gasteiger charge is -2.12. The van der Waals surface area contributed by atoms with Crippen LogP contribution in [0.1, 0.15) is 11.1 Å². The third-order valence-electron chi connectivity index (χ3n) is 2.68. The number of nitrogens with zero attached hydrogens (tertiary/aromatic N) is 1. The zero-order valence-corrected chi connectivity index (χ0v) is 12.0. The fraction of sp³-hybridized carbons (Fsp3) is 0.0714. The second kappa shape index (κ2) is 6.38. The average Bonchev–Trinajstić information content (AvgIpc) is 2.46. The fourth-order valence-corrected chi connectivity index (χ4v) is 2.25. The van der Waals surface area contributed by atoms with E-state index in [0.717, 1.165) is 0 Å². The minimum atomic E-state index is -0.340. The molecule has 0 saturated carbocycles. The molecule has 0 aromatic heterocycles. The van der Waals surface area contributed by atoms with Crippen molar-refractivity contribution in [1.82, 2.24) is 0 Å². The summed E-state index contributed by atoms with van der Waals surface area (Å²) < 4.78 is 19.7. The van der Waals surface area contributed by atoms with E-state index in [2.05, 4.69) is 21.1 Å². The van der Waals surface area contributed by atoms with Crippen molar-refractivity contribution < 1.29 is 14.3 Å². The van der Waals surface area contributed by atoms with Gasteiger partial charge in [0.2, 0.25) is 0 Å². The molecule has 0 radical (unpaired) electrons. The van der Waals surface area contributed by atoms with Crippen LogP contribution in [-0.2, 0) is 6.61 Å². The molecule has 3 N–H and O–H groups in total. The Balaban J connectivity index is 2.27. The van der Waals surface area contributed by atoms with E-state index < -0.39 is 0 Å². The number of ether oxygens (including phenoxy) is 1. The second-order valence-electron chi connectivity index (χ2n) is 3.98. The summed E-state index contributed by atoms with van der Waals surface area (Å²) in [6.45, 7) is 0.0504.